The Morgan fingerprint density at radius 3 is 2.00 bits per heavy atom. The molecule has 0 saturated carbocycles. The van der Waals surface area contributed by atoms with E-state index in [2.05, 4.69) is 0 Å². The number of imide groups is 1. The topological polar surface area (TPSA) is 74.7 Å². The Kier molecular flexibility index (Phi) is 3.05. The predicted molar refractivity (Wildman–Crippen MR) is 58.6 cm³/mol. The number of carbonyl (C=O) groups is 3. The standard InChI is InChI=1S/C12H9F2NO4/c1-5(2-10(16)17)15-11(18)6-3-8(13)9(14)4-7(6)12(15)19/h3-5H,2H2,1H3,(H,16,17). The van der Waals surface area contributed by atoms with Gasteiger partial charge in [-0.1, -0.05) is 0 Å². The summed E-state index contributed by atoms with van der Waals surface area (Å²) >= 11 is 0. The van der Waals surface area contributed by atoms with Gasteiger partial charge in [-0.25, -0.2) is 8.78 Å². The second-order valence-electron chi connectivity index (χ2n) is 4.24. The van der Waals surface area contributed by atoms with Gasteiger partial charge in [-0.2, -0.15) is 0 Å². The highest BCUT2D eigenvalue weighted by molar-refractivity contribution is 6.21. The van der Waals surface area contributed by atoms with Crippen molar-refractivity contribution >= 4 is 17.8 Å². The third-order valence-electron chi connectivity index (χ3n) is 2.87. The van der Waals surface area contributed by atoms with E-state index in [9.17, 15) is 23.2 Å². The molecule has 1 aliphatic rings. The van der Waals surface area contributed by atoms with Crippen molar-refractivity contribution in [3.05, 3.63) is 34.9 Å². The summed E-state index contributed by atoms with van der Waals surface area (Å²) in [5.74, 6) is -5.26. The largest absolute Gasteiger partial charge is 0.481 e. The first-order valence-corrected chi connectivity index (χ1v) is 5.41. The zero-order chi connectivity index (χ0) is 14.3. The van der Waals surface area contributed by atoms with E-state index in [1.165, 1.54) is 6.92 Å². The van der Waals surface area contributed by atoms with Crippen molar-refractivity contribution in [1.29, 1.82) is 0 Å². The number of hydrogen-bond acceptors (Lipinski definition) is 3. The van der Waals surface area contributed by atoms with Crippen LogP contribution >= 0.6 is 0 Å². The van der Waals surface area contributed by atoms with Crippen LogP contribution in [0, 0.1) is 11.6 Å². The lowest BCUT2D eigenvalue weighted by molar-refractivity contribution is -0.137. The molecule has 2 amide bonds. The molecule has 1 atom stereocenters. The fourth-order valence-corrected chi connectivity index (χ4v) is 2.00. The molecular weight excluding hydrogens is 260 g/mol. The molecule has 100 valence electrons. The lowest BCUT2D eigenvalue weighted by Crippen LogP contribution is -2.39. The van der Waals surface area contributed by atoms with E-state index < -0.39 is 41.9 Å². The van der Waals surface area contributed by atoms with Gasteiger partial charge in [0.2, 0.25) is 0 Å². The number of carboxylic acid groups (broad SMARTS) is 1. The minimum absolute atomic E-state index is 0.249. The van der Waals surface area contributed by atoms with Crippen LogP contribution in [0.15, 0.2) is 12.1 Å². The zero-order valence-electron chi connectivity index (χ0n) is 9.81. The molecule has 19 heavy (non-hydrogen) atoms. The fraction of sp³-hybridized carbons (Fsp3) is 0.250. The maximum atomic E-state index is 13.1. The Bertz CT molecular complexity index is 559. The van der Waals surface area contributed by atoms with Crippen LogP contribution in [0.3, 0.4) is 0 Å². The first-order chi connectivity index (χ1) is 8.82. The molecule has 1 aromatic rings. The van der Waals surface area contributed by atoms with E-state index in [1.807, 2.05) is 0 Å². The van der Waals surface area contributed by atoms with E-state index >= 15 is 0 Å². The third kappa shape index (κ3) is 2.07. The van der Waals surface area contributed by atoms with Crippen LogP contribution in [0.2, 0.25) is 0 Å². The molecule has 0 saturated heterocycles. The van der Waals surface area contributed by atoms with Crippen LogP contribution < -0.4 is 0 Å². The molecule has 7 heteroatoms. The Balaban J connectivity index is 2.41. The zero-order valence-corrected chi connectivity index (χ0v) is 9.81. The number of fused-ring (bicyclic) bond motifs is 1. The summed E-state index contributed by atoms with van der Waals surface area (Å²) in [4.78, 5) is 35.1. The maximum absolute atomic E-state index is 13.1. The number of halogens is 2. The minimum Gasteiger partial charge on any atom is -0.481 e. The smallest absolute Gasteiger partial charge is 0.305 e. The van der Waals surface area contributed by atoms with Crippen molar-refractivity contribution in [1.82, 2.24) is 4.90 Å². The lowest BCUT2D eigenvalue weighted by Gasteiger charge is -2.20. The second-order valence-corrected chi connectivity index (χ2v) is 4.24. The maximum Gasteiger partial charge on any atom is 0.305 e. The summed E-state index contributed by atoms with van der Waals surface area (Å²) < 4.78 is 26.1. The molecule has 0 spiro atoms. The van der Waals surface area contributed by atoms with E-state index in [1.54, 1.807) is 0 Å². The Labute approximate surface area is 106 Å². The molecule has 0 fully saturated rings. The summed E-state index contributed by atoms with van der Waals surface area (Å²) in [5.41, 5.74) is -0.498. The Hall–Kier alpha value is -2.31. The van der Waals surface area contributed by atoms with Gasteiger partial charge in [0.05, 0.1) is 17.5 Å². The van der Waals surface area contributed by atoms with Gasteiger partial charge in [0, 0.05) is 6.04 Å². The highest BCUT2D eigenvalue weighted by Gasteiger charge is 2.39. The van der Waals surface area contributed by atoms with Crippen molar-refractivity contribution < 1.29 is 28.3 Å². The molecular formula is C12H9F2NO4. The van der Waals surface area contributed by atoms with Crippen molar-refractivity contribution in [2.75, 3.05) is 0 Å². The van der Waals surface area contributed by atoms with Crippen LogP contribution in [0.5, 0.6) is 0 Å². The van der Waals surface area contributed by atoms with Gasteiger partial charge in [-0.3, -0.25) is 19.3 Å². The number of carboxylic acids is 1. The lowest BCUT2D eigenvalue weighted by atomic mass is 10.1. The molecule has 0 radical (unpaired) electrons. The van der Waals surface area contributed by atoms with E-state index in [4.69, 9.17) is 5.11 Å². The van der Waals surface area contributed by atoms with Crippen molar-refractivity contribution in [2.45, 2.75) is 19.4 Å². The average molecular weight is 269 g/mol. The normalized spacial score (nSPS) is 15.6. The number of amides is 2. The summed E-state index contributed by atoms with van der Waals surface area (Å²) in [6.07, 6.45) is -0.434. The SMILES string of the molecule is CC(CC(=O)O)N1C(=O)c2cc(F)c(F)cc2C1=O. The Morgan fingerprint density at radius 2 is 1.63 bits per heavy atom. The van der Waals surface area contributed by atoms with Crippen LogP contribution in [0.25, 0.3) is 0 Å². The Morgan fingerprint density at radius 1 is 1.21 bits per heavy atom. The first kappa shape index (κ1) is 13.1. The first-order valence-electron chi connectivity index (χ1n) is 5.41. The third-order valence-corrected chi connectivity index (χ3v) is 2.87. The number of carbonyl (C=O) groups excluding carboxylic acids is 2. The van der Waals surface area contributed by atoms with Crippen LogP contribution in [0.1, 0.15) is 34.1 Å². The molecule has 1 aliphatic heterocycles. The number of aliphatic carboxylic acids is 1. The average Bonchev–Trinajstić information content (AvgIpc) is 2.52. The molecule has 1 aromatic carbocycles. The summed E-state index contributed by atoms with van der Waals surface area (Å²) in [6, 6.07) is 0.410. The highest BCUT2D eigenvalue weighted by atomic mass is 19.2. The van der Waals surface area contributed by atoms with Gasteiger partial charge in [-0.05, 0) is 19.1 Å². The summed E-state index contributed by atoms with van der Waals surface area (Å²) in [5, 5.41) is 8.65. The monoisotopic (exact) mass is 269 g/mol. The second kappa shape index (κ2) is 4.42. The van der Waals surface area contributed by atoms with Crippen LogP contribution in [-0.4, -0.2) is 33.8 Å². The fourth-order valence-electron chi connectivity index (χ4n) is 2.00. The molecule has 1 unspecified atom stereocenters. The van der Waals surface area contributed by atoms with Gasteiger partial charge < -0.3 is 5.11 Å². The molecule has 0 aromatic heterocycles. The molecule has 0 aliphatic carbocycles. The van der Waals surface area contributed by atoms with Crippen molar-refractivity contribution in [2.24, 2.45) is 0 Å². The minimum atomic E-state index is -1.23. The number of rotatable bonds is 3. The number of nitrogens with zero attached hydrogens (tertiary/aromatic N) is 1. The van der Waals surface area contributed by atoms with E-state index in [0.29, 0.717) is 17.0 Å². The summed E-state index contributed by atoms with van der Waals surface area (Å²) in [7, 11) is 0. The van der Waals surface area contributed by atoms with Crippen molar-refractivity contribution in [3.63, 3.8) is 0 Å². The van der Waals surface area contributed by atoms with E-state index in [0.717, 1.165) is 0 Å². The van der Waals surface area contributed by atoms with E-state index in [-0.39, 0.29) is 11.1 Å². The van der Waals surface area contributed by atoms with Gasteiger partial charge in [0.25, 0.3) is 11.8 Å². The van der Waals surface area contributed by atoms with Crippen LogP contribution in [-0.2, 0) is 4.79 Å². The quantitative estimate of drug-likeness (QED) is 0.842. The number of hydrogen-bond donors (Lipinski definition) is 1. The molecule has 2 rings (SSSR count). The van der Waals surface area contributed by atoms with Gasteiger partial charge in [0.15, 0.2) is 11.6 Å². The predicted octanol–water partition coefficient (Wildman–Crippen LogP) is 1.42. The number of benzene rings is 1. The molecule has 1 heterocycles. The van der Waals surface area contributed by atoms with Gasteiger partial charge in [0.1, 0.15) is 0 Å². The summed E-state index contributed by atoms with van der Waals surface area (Å²) in [6.45, 7) is 1.38. The van der Waals surface area contributed by atoms with Gasteiger partial charge in [-0.15, -0.1) is 0 Å². The van der Waals surface area contributed by atoms with Crippen molar-refractivity contribution in [3.8, 4) is 0 Å². The van der Waals surface area contributed by atoms with Crippen LogP contribution in [0.4, 0.5) is 8.78 Å². The molecule has 5 nitrogen and oxygen atoms in total. The molecule has 1 N–H and O–H groups in total. The highest BCUT2D eigenvalue weighted by Crippen LogP contribution is 2.27. The van der Waals surface area contributed by atoms with Gasteiger partial charge >= 0.3 is 5.97 Å². The molecule has 0 bridgehead atoms.